The number of hydrogen-bond acceptors (Lipinski definition) is 9. The molecule has 0 bridgehead atoms. The minimum atomic E-state index is -0.762. The van der Waals surface area contributed by atoms with Crippen LogP contribution in [0.3, 0.4) is 0 Å². The predicted molar refractivity (Wildman–Crippen MR) is 182 cm³/mol. The van der Waals surface area contributed by atoms with E-state index in [0.29, 0.717) is 31.6 Å². The van der Waals surface area contributed by atoms with Crippen LogP contribution in [0.1, 0.15) is 48.6 Å². The van der Waals surface area contributed by atoms with Crippen molar-refractivity contribution in [1.29, 1.82) is 0 Å². The molecule has 11 heteroatoms. The zero-order valence-corrected chi connectivity index (χ0v) is 28.2. The van der Waals surface area contributed by atoms with Gasteiger partial charge in [0.2, 0.25) is 5.91 Å². The standard InChI is InChI=1S/C18H26N2O3.C12H17NO.C6H11NO3/c1-22-17-5-3-2-4-16(17)15-6-8-20(9-7-15)18(21)14-19-10-12-23-13-11-19;1-14-12-5-3-2-4-11(12)10-6-8-13-9-7-10;8-6(9)5-7-1-3-10-4-2-7/h2-5,15H,6-14H2,1H3;2-5,10,13H,6-9H2,1H3;1-5H2,(H,8,9). The van der Waals surface area contributed by atoms with Gasteiger partial charge in [-0.05, 0) is 73.9 Å². The number of likely N-dealkylation sites (tertiary alicyclic amines) is 1. The van der Waals surface area contributed by atoms with E-state index in [2.05, 4.69) is 40.5 Å². The molecule has 1 amide bonds. The number of aliphatic carboxylic acids is 1. The van der Waals surface area contributed by atoms with Gasteiger partial charge >= 0.3 is 5.97 Å². The van der Waals surface area contributed by atoms with Crippen molar-refractivity contribution in [2.24, 2.45) is 0 Å². The van der Waals surface area contributed by atoms with Crippen LogP contribution < -0.4 is 14.8 Å². The second-order valence-corrected chi connectivity index (χ2v) is 12.3. The van der Waals surface area contributed by atoms with Crippen molar-refractivity contribution >= 4 is 11.9 Å². The molecule has 4 aliphatic heterocycles. The van der Waals surface area contributed by atoms with Crippen LogP contribution in [0.5, 0.6) is 11.5 Å². The van der Waals surface area contributed by atoms with Gasteiger partial charge in [-0.25, -0.2) is 0 Å². The first kappa shape index (κ1) is 36.6. The Hall–Kier alpha value is -3.22. The second-order valence-electron chi connectivity index (χ2n) is 12.3. The summed E-state index contributed by atoms with van der Waals surface area (Å²) in [7, 11) is 3.47. The molecule has 6 rings (SSSR count). The summed E-state index contributed by atoms with van der Waals surface area (Å²) < 4.78 is 21.2. The first-order valence-corrected chi connectivity index (χ1v) is 17.0. The lowest BCUT2D eigenvalue weighted by atomic mass is 9.89. The Labute approximate surface area is 280 Å². The van der Waals surface area contributed by atoms with Crippen LogP contribution in [0.25, 0.3) is 0 Å². The smallest absolute Gasteiger partial charge is 0.317 e. The number of benzene rings is 2. The van der Waals surface area contributed by atoms with Gasteiger partial charge in [0.05, 0.1) is 53.7 Å². The summed E-state index contributed by atoms with van der Waals surface area (Å²) in [4.78, 5) is 28.7. The number of para-hydroxylation sites is 2. The zero-order valence-electron chi connectivity index (χ0n) is 28.2. The molecule has 0 saturated carbocycles. The third-order valence-corrected chi connectivity index (χ3v) is 9.27. The van der Waals surface area contributed by atoms with E-state index in [1.165, 1.54) is 24.0 Å². The van der Waals surface area contributed by atoms with E-state index in [1.807, 2.05) is 28.0 Å². The number of rotatable bonds is 8. The van der Waals surface area contributed by atoms with Crippen LogP contribution in [0.15, 0.2) is 48.5 Å². The fourth-order valence-corrected chi connectivity index (χ4v) is 6.58. The van der Waals surface area contributed by atoms with Crippen molar-refractivity contribution in [2.75, 3.05) is 106 Å². The molecule has 0 radical (unpaired) electrons. The summed E-state index contributed by atoms with van der Waals surface area (Å²) in [6.45, 7) is 10.6. The lowest BCUT2D eigenvalue weighted by molar-refractivity contribution is -0.139. The summed E-state index contributed by atoms with van der Waals surface area (Å²) in [6, 6.07) is 16.6. The molecule has 2 aromatic carbocycles. The predicted octanol–water partition coefficient (Wildman–Crippen LogP) is 3.30. The van der Waals surface area contributed by atoms with Crippen molar-refractivity contribution < 1.29 is 33.6 Å². The molecule has 0 spiro atoms. The molecule has 0 unspecified atom stereocenters. The van der Waals surface area contributed by atoms with Crippen LogP contribution in [-0.2, 0) is 19.1 Å². The maximum absolute atomic E-state index is 12.5. The molecule has 4 saturated heterocycles. The molecule has 0 aromatic heterocycles. The molecule has 2 N–H and O–H groups in total. The van der Waals surface area contributed by atoms with E-state index in [1.54, 1.807) is 14.2 Å². The summed E-state index contributed by atoms with van der Waals surface area (Å²) in [5.41, 5.74) is 2.65. The second kappa shape index (κ2) is 20.2. The van der Waals surface area contributed by atoms with Crippen molar-refractivity contribution in [3.63, 3.8) is 0 Å². The fourth-order valence-electron chi connectivity index (χ4n) is 6.58. The number of ether oxygens (including phenoxy) is 4. The first-order valence-electron chi connectivity index (χ1n) is 17.0. The highest BCUT2D eigenvalue weighted by Crippen LogP contribution is 2.34. The van der Waals surface area contributed by atoms with Crippen molar-refractivity contribution in [2.45, 2.75) is 37.5 Å². The number of nitrogens with zero attached hydrogens (tertiary/aromatic N) is 3. The van der Waals surface area contributed by atoms with E-state index >= 15 is 0 Å². The number of hydrogen-bond donors (Lipinski definition) is 2. The van der Waals surface area contributed by atoms with Crippen LogP contribution in [0.2, 0.25) is 0 Å². The van der Waals surface area contributed by atoms with Gasteiger partial charge in [-0.2, -0.15) is 0 Å². The number of piperidine rings is 2. The van der Waals surface area contributed by atoms with Crippen molar-refractivity contribution in [1.82, 2.24) is 20.0 Å². The van der Waals surface area contributed by atoms with Crippen molar-refractivity contribution in [3.8, 4) is 11.5 Å². The molecular weight excluding hydrogens is 600 g/mol. The molecule has 260 valence electrons. The van der Waals surface area contributed by atoms with Gasteiger partial charge in [0, 0.05) is 39.3 Å². The highest BCUT2D eigenvalue weighted by Gasteiger charge is 2.27. The summed E-state index contributed by atoms with van der Waals surface area (Å²) >= 11 is 0. The van der Waals surface area contributed by atoms with E-state index in [0.717, 1.165) is 89.9 Å². The van der Waals surface area contributed by atoms with Crippen molar-refractivity contribution in [3.05, 3.63) is 59.7 Å². The molecule has 2 aromatic rings. The maximum atomic E-state index is 12.5. The molecular formula is C36H54N4O7. The largest absolute Gasteiger partial charge is 0.496 e. The van der Waals surface area contributed by atoms with E-state index in [4.69, 9.17) is 24.1 Å². The minimum Gasteiger partial charge on any atom is -0.496 e. The maximum Gasteiger partial charge on any atom is 0.317 e. The quantitative estimate of drug-likeness (QED) is 0.440. The van der Waals surface area contributed by atoms with Crippen LogP contribution in [0.4, 0.5) is 0 Å². The lowest BCUT2D eigenvalue weighted by Crippen LogP contribution is -2.46. The minimum absolute atomic E-state index is 0.142. The number of morpholine rings is 2. The van der Waals surface area contributed by atoms with Gasteiger partial charge < -0.3 is 34.3 Å². The lowest BCUT2D eigenvalue weighted by Gasteiger charge is -2.34. The first-order chi connectivity index (χ1) is 23.0. The Morgan fingerprint density at radius 2 is 1.15 bits per heavy atom. The SMILES string of the molecule is COc1ccccc1C1CCN(C(=O)CN2CCOCC2)CC1.COc1ccccc1C1CCNCC1.O=C(O)CN1CCOCC1. The average molecular weight is 655 g/mol. The normalized spacial score (nSPS) is 19.8. The number of carbonyl (C=O) groups is 2. The summed E-state index contributed by atoms with van der Waals surface area (Å²) in [5.74, 6) is 2.66. The Bertz CT molecular complexity index is 1210. The molecule has 11 nitrogen and oxygen atoms in total. The van der Waals surface area contributed by atoms with Crippen LogP contribution in [0, 0.1) is 0 Å². The van der Waals surface area contributed by atoms with Crippen LogP contribution >= 0.6 is 0 Å². The van der Waals surface area contributed by atoms with E-state index < -0.39 is 5.97 Å². The highest BCUT2D eigenvalue weighted by molar-refractivity contribution is 5.78. The van der Waals surface area contributed by atoms with E-state index in [9.17, 15) is 9.59 Å². The Kier molecular flexibility index (Phi) is 15.7. The van der Waals surface area contributed by atoms with Gasteiger partial charge in [0.25, 0.3) is 0 Å². The topological polar surface area (TPSA) is 113 Å². The summed E-state index contributed by atoms with van der Waals surface area (Å²) in [6.07, 6.45) is 4.46. The number of nitrogens with one attached hydrogen (secondary N) is 1. The Morgan fingerprint density at radius 3 is 1.62 bits per heavy atom. The highest BCUT2D eigenvalue weighted by atomic mass is 16.5. The Morgan fingerprint density at radius 1 is 0.702 bits per heavy atom. The molecule has 0 aliphatic carbocycles. The number of carboxylic acids is 1. The zero-order chi connectivity index (χ0) is 33.3. The summed E-state index contributed by atoms with van der Waals surface area (Å²) in [5, 5.41) is 11.8. The fraction of sp³-hybridized carbons (Fsp3) is 0.611. The van der Waals surface area contributed by atoms with Gasteiger partial charge in [-0.15, -0.1) is 0 Å². The third kappa shape index (κ3) is 12.1. The Balaban J connectivity index is 0.000000177. The number of amides is 1. The molecule has 4 heterocycles. The monoisotopic (exact) mass is 654 g/mol. The number of carbonyl (C=O) groups excluding carboxylic acids is 1. The molecule has 47 heavy (non-hydrogen) atoms. The average Bonchev–Trinajstić information content (AvgIpc) is 3.13. The third-order valence-electron chi connectivity index (χ3n) is 9.27. The number of methoxy groups -OCH3 is 2. The van der Waals surface area contributed by atoms with Crippen LogP contribution in [-0.4, -0.2) is 138 Å². The molecule has 4 fully saturated rings. The van der Waals surface area contributed by atoms with Gasteiger partial charge in [-0.1, -0.05) is 36.4 Å². The molecule has 0 atom stereocenters. The van der Waals surface area contributed by atoms with E-state index in [-0.39, 0.29) is 12.5 Å². The van der Waals surface area contributed by atoms with Gasteiger partial charge in [0.1, 0.15) is 11.5 Å². The number of carboxylic acid groups (broad SMARTS) is 1. The van der Waals surface area contributed by atoms with Gasteiger partial charge in [-0.3, -0.25) is 19.4 Å². The van der Waals surface area contributed by atoms with Gasteiger partial charge in [0.15, 0.2) is 0 Å². The molecule has 4 aliphatic rings.